The number of hydrogen-bond acceptors (Lipinski definition) is 6. The minimum absolute atomic E-state index is 0.0624. The first kappa shape index (κ1) is 26.9. The fourth-order valence-electron chi connectivity index (χ4n) is 4.11. The first-order valence-corrected chi connectivity index (χ1v) is 16.1. The fourth-order valence-corrected chi connectivity index (χ4v) is 4.87. The van der Waals surface area contributed by atoms with Gasteiger partial charge in [-0.15, -0.1) is 0 Å². The Kier molecular flexibility index (Phi) is 8.05. The molecule has 3 N–H and O–H groups in total. The van der Waals surface area contributed by atoms with Gasteiger partial charge in [-0.25, -0.2) is 14.2 Å². The highest BCUT2D eigenvalue weighted by Crippen LogP contribution is 2.42. The van der Waals surface area contributed by atoms with Crippen molar-refractivity contribution < 1.29 is 23.4 Å². The zero-order valence-electron chi connectivity index (χ0n) is 22.1. The van der Waals surface area contributed by atoms with Crippen LogP contribution in [0, 0.1) is 0 Å². The molecule has 4 rings (SSSR count). The number of carbonyl (C=O) groups is 1. The molecule has 1 aromatic carbocycles. The number of hydrogen-bond donors (Lipinski definition) is 3. The maximum Gasteiger partial charge on any atom is 0.320 e. The van der Waals surface area contributed by atoms with Crippen molar-refractivity contribution in [2.24, 2.45) is 0 Å². The maximum absolute atomic E-state index is 14.2. The molecule has 0 unspecified atom stereocenters. The number of halogens is 1. The molecular weight excluding hydrogens is 493 g/mol. The molecular formula is C26H36FN5O4Si. The molecule has 3 heterocycles. The van der Waals surface area contributed by atoms with Crippen molar-refractivity contribution in [1.82, 2.24) is 20.2 Å². The lowest BCUT2D eigenvalue weighted by Crippen LogP contribution is -2.61. The van der Waals surface area contributed by atoms with Crippen molar-refractivity contribution >= 4 is 31.0 Å². The Hall–Kier alpha value is -3.15. The number of urea groups is 1. The van der Waals surface area contributed by atoms with Crippen LogP contribution < -0.4 is 25.4 Å². The van der Waals surface area contributed by atoms with Crippen LogP contribution in [0.5, 0.6) is 11.5 Å². The number of methoxy groups -OCH3 is 2. The van der Waals surface area contributed by atoms with Gasteiger partial charge in [0.15, 0.2) is 5.67 Å². The van der Waals surface area contributed by atoms with Gasteiger partial charge in [-0.2, -0.15) is 0 Å². The third-order valence-corrected chi connectivity index (χ3v) is 8.04. The molecule has 200 valence electrons. The topological polar surface area (TPSA) is 98.7 Å². The third kappa shape index (κ3) is 6.41. The van der Waals surface area contributed by atoms with Crippen LogP contribution in [0.3, 0.4) is 0 Å². The summed E-state index contributed by atoms with van der Waals surface area (Å²) in [4.78, 5) is 17.1. The number of nitrogens with zero attached hydrogens (tertiary/aromatic N) is 2. The minimum Gasteiger partial charge on any atom is -0.496 e. The van der Waals surface area contributed by atoms with Crippen molar-refractivity contribution in [3.05, 3.63) is 36.5 Å². The molecule has 1 aliphatic rings. The van der Waals surface area contributed by atoms with Crippen LogP contribution in [0.1, 0.15) is 0 Å². The second-order valence-corrected chi connectivity index (χ2v) is 16.1. The third-order valence-electron chi connectivity index (χ3n) is 6.34. The SMILES string of the molecule is COc1cccc(OC)c1-c1cn(COCC[Si](C)(C)C)c2nc(NC(=O)NCC3(F)CNC3)ccc12. The first-order valence-electron chi connectivity index (χ1n) is 12.4. The van der Waals surface area contributed by atoms with Gasteiger partial charge in [0, 0.05) is 44.9 Å². The number of aromatic nitrogens is 2. The minimum atomic E-state index is -1.40. The molecule has 0 bridgehead atoms. The summed E-state index contributed by atoms with van der Waals surface area (Å²) >= 11 is 0. The Morgan fingerprint density at radius 3 is 2.46 bits per heavy atom. The number of anilines is 1. The van der Waals surface area contributed by atoms with Crippen molar-refractivity contribution in [3.63, 3.8) is 0 Å². The fraction of sp³-hybridized carbons (Fsp3) is 0.462. The van der Waals surface area contributed by atoms with Crippen LogP contribution in [0.15, 0.2) is 36.5 Å². The molecule has 0 radical (unpaired) electrons. The van der Waals surface area contributed by atoms with E-state index in [1.807, 2.05) is 35.0 Å². The number of alkyl halides is 1. The van der Waals surface area contributed by atoms with Crippen molar-refractivity contribution in [2.75, 3.05) is 45.8 Å². The zero-order valence-corrected chi connectivity index (χ0v) is 23.1. The van der Waals surface area contributed by atoms with Gasteiger partial charge < -0.3 is 29.4 Å². The van der Waals surface area contributed by atoms with Gasteiger partial charge in [-0.1, -0.05) is 25.7 Å². The molecule has 1 aliphatic heterocycles. The van der Waals surface area contributed by atoms with E-state index in [0.29, 0.717) is 36.3 Å². The van der Waals surface area contributed by atoms with Crippen LogP contribution in [0.2, 0.25) is 25.7 Å². The number of ether oxygens (including phenoxy) is 3. The van der Waals surface area contributed by atoms with Gasteiger partial charge in [0.1, 0.15) is 29.7 Å². The number of rotatable bonds is 11. The summed E-state index contributed by atoms with van der Waals surface area (Å²) < 4.78 is 33.5. The maximum atomic E-state index is 14.2. The predicted octanol–water partition coefficient (Wildman–Crippen LogP) is 4.47. The summed E-state index contributed by atoms with van der Waals surface area (Å²) in [5, 5.41) is 9.03. The van der Waals surface area contributed by atoms with Gasteiger partial charge in [-0.3, -0.25) is 5.32 Å². The second kappa shape index (κ2) is 11.1. The van der Waals surface area contributed by atoms with Gasteiger partial charge >= 0.3 is 6.03 Å². The summed E-state index contributed by atoms with van der Waals surface area (Å²) in [6.45, 7) is 8.29. The lowest BCUT2D eigenvalue weighted by Gasteiger charge is -2.34. The molecule has 9 nitrogen and oxygen atoms in total. The average Bonchev–Trinajstić information content (AvgIpc) is 3.20. The zero-order chi connectivity index (χ0) is 26.6. The highest BCUT2D eigenvalue weighted by molar-refractivity contribution is 6.76. The van der Waals surface area contributed by atoms with Gasteiger partial charge in [-0.05, 0) is 30.3 Å². The first-order chi connectivity index (χ1) is 17.6. The van der Waals surface area contributed by atoms with Crippen molar-refractivity contribution in [1.29, 1.82) is 0 Å². The standard InChI is InChI=1S/C26H36FN5O4Si/c1-34-20-7-6-8-21(35-2)23(20)19-13-32(17-36-11-12-37(3,4)5)24-18(19)9-10-22(30-24)31-25(33)29-16-26(27)14-28-15-26/h6-10,13,28H,11-12,14-17H2,1-5H3,(H2,29,30,31,33). The normalized spacial score (nSPS) is 14.8. The van der Waals surface area contributed by atoms with E-state index in [0.717, 1.165) is 22.6 Å². The lowest BCUT2D eigenvalue weighted by atomic mass is 10.00. The quantitative estimate of drug-likeness (QED) is 0.251. The van der Waals surface area contributed by atoms with E-state index < -0.39 is 19.8 Å². The highest BCUT2D eigenvalue weighted by Gasteiger charge is 2.37. The van der Waals surface area contributed by atoms with E-state index >= 15 is 0 Å². The number of nitrogens with one attached hydrogen (secondary N) is 3. The molecule has 2 amide bonds. The van der Waals surface area contributed by atoms with Crippen LogP contribution in [-0.4, -0.2) is 69.8 Å². The van der Waals surface area contributed by atoms with Crippen LogP contribution >= 0.6 is 0 Å². The molecule has 0 atom stereocenters. The Bertz CT molecular complexity index is 1230. The average molecular weight is 530 g/mol. The lowest BCUT2D eigenvalue weighted by molar-refractivity contribution is 0.0899. The summed E-state index contributed by atoms with van der Waals surface area (Å²) in [7, 11) is 2.01. The molecule has 0 aliphatic carbocycles. The number of pyridine rings is 1. The Labute approximate surface area is 217 Å². The Morgan fingerprint density at radius 2 is 1.86 bits per heavy atom. The van der Waals surface area contributed by atoms with E-state index in [1.165, 1.54) is 0 Å². The monoisotopic (exact) mass is 529 g/mol. The van der Waals surface area contributed by atoms with Crippen LogP contribution in [0.4, 0.5) is 15.0 Å². The van der Waals surface area contributed by atoms with Crippen LogP contribution in [-0.2, 0) is 11.5 Å². The smallest absolute Gasteiger partial charge is 0.320 e. The molecule has 3 aromatic rings. The summed E-state index contributed by atoms with van der Waals surface area (Å²) in [6.07, 6.45) is 1.97. The molecule has 11 heteroatoms. The van der Waals surface area contributed by atoms with E-state index in [4.69, 9.17) is 19.2 Å². The largest absolute Gasteiger partial charge is 0.496 e. The van der Waals surface area contributed by atoms with Gasteiger partial charge in [0.2, 0.25) is 0 Å². The van der Waals surface area contributed by atoms with Crippen molar-refractivity contribution in [3.8, 4) is 22.6 Å². The summed E-state index contributed by atoms with van der Waals surface area (Å²) in [5.74, 6) is 1.69. The molecule has 1 fully saturated rings. The van der Waals surface area contributed by atoms with Gasteiger partial charge in [0.05, 0.1) is 26.3 Å². The number of amides is 2. The van der Waals surface area contributed by atoms with Gasteiger partial charge in [0.25, 0.3) is 0 Å². The molecule has 2 aromatic heterocycles. The highest BCUT2D eigenvalue weighted by atomic mass is 28.3. The van der Waals surface area contributed by atoms with Crippen LogP contribution in [0.25, 0.3) is 22.2 Å². The Balaban J connectivity index is 1.64. The molecule has 37 heavy (non-hydrogen) atoms. The summed E-state index contributed by atoms with van der Waals surface area (Å²) in [5.41, 5.74) is 0.914. The number of fused-ring (bicyclic) bond motifs is 1. The van der Waals surface area contributed by atoms with E-state index in [-0.39, 0.29) is 19.6 Å². The van der Waals surface area contributed by atoms with E-state index in [2.05, 4.69) is 35.6 Å². The number of carbonyl (C=O) groups excluding carboxylic acids is 1. The molecule has 1 saturated heterocycles. The summed E-state index contributed by atoms with van der Waals surface area (Å²) in [6, 6.07) is 9.80. The predicted molar refractivity (Wildman–Crippen MR) is 146 cm³/mol. The molecule has 0 saturated carbocycles. The Morgan fingerprint density at radius 1 is 1.16 bits per heavy atom. The van der Waals surface area contributed by atoms with E-state index in [9.17, 15) is 9.18 Å². The van der Waals surface area contributed by atoms with E-state index in [1.54, 1.807) is 20.3 Å². The second-order valence-electron chi connectivity index (χ2n) is 10.5. The molecule has 0 spiro atoms. The number of benzene rings is 1. The van der Waals surface area contributed by atoms with Crippen molar-refractivity contribution in [2.45, 2.75) is 38.1 Å².